The van der Waals surface area contributed by atoms with Gasteiger partial charge in [-0.3, -0.25) is 4.79 Å². The van der Waals surface area contributed by atoms with E-state index in [0.29, 0.717) is 6.42 Å². The molecule has 0 aromatic carbocycles. The van der Waals surface area contributed by atoms with Gasteiger partial charge in [0.05, 0.1) is 19.8 Å². The zero-order valence-electron chi connectivity index (χ0n) is 29.6. The van der Waals surface area contributed by atoms with Crippen molar-refractivity contribution in [1.82, 2.24) is 0 Å². The summed E-state index contributed by atoms with van der Waals surface area (Å²) >= 11 is 0. The van der Waals surface area contributed by atoms with Crippen LogP contribution in [-0.2, 0) is 33.2 Å². The minimum absolute atomic E-state index is 0.0248. The van der Waals surface area contributed by atoms with Crippen LogP contribution in [0.15, 0.2) is 0 Å². The lowest BCUT2D eigenvalue weighted by Crippen LogP contribution is -2.64. The van der Waals surface area contributed by atoms with E-state index >= 15 is 0 Å². The van der Waals surface area contributed by atoms with Gasteiger partial charge >= 0.3 is 5.97 Å². The molecule has 3 heterocycles. The molecule has 3 fully saturated rings. The van der Waals surface area contributed by atoms with Crippen LogP contribution in [0.25, 0.3) is 0 Å². The molecule has 0 aromatic rings. The Morgan fingerprint density at radius 2 is 1.14 bits per heavy atom. The molecule has 3 saturated heterocycles. The first kappa shape index (κ1) is 44.3. The van der Waals surface area contributed by atoms with Gasteiger partial charge in [-0.2, -0.15) is 0 Å². The Kier molecular flexibility index (Phi) is 19.4. The first-order valence-corrected chi connectivity index (χ1v) is 18.5. The topological polar surface area (TPSA) is 275 Å². The molecule has 0 spiro atoms. The molecule has 10 N–H and O–H groups in total. The molecule has 14 atom stereocenters. The van der Waals surface area contributed by atoms with Crippen LogP contribution in [-0.4, -0.2) is 169 Å². The highest BCUT2D eigenvalue weighted by atomic mass is 16.8. The summed E-state index contributed by atoms with van der Waals surface area (Å²) < 4.78 is 33.3. The van der Waals surface area contributed by atoms with E-state index in [0.717, 1.165) is 25.7 Å². The number of unbranched alkanes of at least 4 members (excludes halogenated alkanes) is 12. The minimum atomic E-state index is -2.41. The van der Waals surface area contributed by atoms with E-state index in [9.17, 15) is 55.9 Å². The molecule has 3 aliphatic heterocycles. The number of ether oxygens (including phenoxy) is 6. The smallest absolute Gasteiger partial charge is 0.306 e. The van der Waals surface area contributed by atoms with Crippen molar-refractivity contribution in [3.8, 4) is 0 Å². The molecule has 0 saturated carbocycles. The van der Waals surface area contributed by atoms with E-state index in [1.165, 1.54) is 51.4 Å². The van der Waals surface area contributed by atoms with Crippen LogP contribution in [0.1, 0.15) is 96.8 Å². The van der Waals surface area contributed by atoms with Crippen LogP contribution in [0, 0.1) is 0 Å². The van der Waals surface area contributed by atoms with Gasteiger partial charge in [0.15, 0.2) is 12.4 Å². The minimum Gasteiger partial charge on any atom is -0.454 e. The molecule has 3 rings (SSSR count). The summed E-state index contributed by atoms with van der Waals surface area (Å²) in [6.07, 6.45) is -7.50. The fraction of sp³-hybridized carbons (Fsp3) is 0.971. The van der Waals surface area contributed by atoms with E-state index < -0.39 is 118 Å². The van der Waals surface area contributed by atoms with Crippen molar-refractivity contribution < 1.29 is 84.3 Å². The highest BCUT2D eigenvalue weighted by Crippen LogP contribution is 2.37. The Bertz CT molecular complexity index is 975. The lowest BCUT2D eigenvalue weighted by atomic mass is 9.98. The van der Waals surface area contributed by atoms with Crippen molar-refractivity contribution in [2.24, 2.45) is 0 Å². The van der Waals surface area contributed by atoms with Gasteiger partial charge < -0.3 is 79.5 Å². The van der Waals surface area contributed by atoms with Gasteiger partial charge in [0, 0.05) is 6.42 Å². The standard InChI is InChI=1S/C34H62O17/c1-2-3-4-5-6-7-8-9-10-11-12-13-14-15-23(38)49-30-28(43)25(40)22(18-46-32-29(44)27(42)24(39)20(16-35)47-32)48-33(30)51-34(19-37)31(45)26(41)21(17-36)50-34/h20-22,24-33,35-37,39-45H,2-19H2,1H3/t20-,21-,22-,24+,25-,26-,27+,28+,29-,30-,31+,32+,33-,34+/m1/s1. The molecule has 3 aliphatic rings. The van der Waals surface area contributed by atoms with Gasteiger partial charge in [-0.1, -0.05) is 84.0 Å². The highest BCUT2D eigenvalue weighted by molar-refractivity contribution is 5.69. The largest absolute Gasteiger partial charge is 0.454 e. The number of hydrogen-bond acceptors (Lipinski definition) is 17. The zero-order valence-corrected chi connectivity index (χ0v) is 29.6. The molecule has 0 aliphatic carbocycles. The van der Waals surface area contributed by atoms with Gasteiger partial charge in [0.1, 0.15) is 67.6 Å². The van der Waals surface area contributed by atoms with E-state index in [2.05, 4.69) is 6.92 Å². The zero-order chi connectivity index (χ0) is 37.6. The van der Waals surface area contributed by atoms with E-state index in [-0.39, 0.29) is 6.42 Å². The highest BCUT2D eigenvalue weighted by Gasteiger charge is 2.59. The van der Waals surface area contributed by atoms with Crippen molar-refractivity contribution in [2.45, 2.75) is 182 Å². The third kappa shape index (κ3) is 12.2. The second kappa shape index (κ2) is 22.3. The molecule has 51 heavy (non-hydrogen) atoms. The van der Waals surface area contributed by atoms with Crippen molar-refractivity contribution in [3.63, 3.8) is 0 Å². The molecule has 17 heteroatoms. The summed E-state index contributed by atoms with van der Waals surface area (Å²) in [7, 11) is 0. The summed E-state index contributed by atoms with van der Waals surface area (Å²) in [5.74, 6) is -3.16. The summed E-state index contributed by atoms with van der Waals surface area (Å²) in [5.41, 5.74) is 0. The first-order valence-electron chi connectivity index (χ1n) is 18.5. The van der Waals surface area contributed by atoms with Crippen LogP contribution in [0.2, 0.25) is 0 Å². The van der Waals surface area contributed by atoms with E-state index in [1.807, 2.05) is 0 Å². The molecule has 300 valence electrons. The number of aliphatic hydroxyl groups excluding tert-OH is 10. The molecular formula is C34H62O17. The SMILES string of the molecule is CCCCCCCCCCCCCCCC(=O)O[C@H]1[C@@H](O[C@]2(CO)O[C@H](CO)[C@@H](O)[C@@H]2O)O[C@H](CO[C@H]2O[C@H](CO)[C@H](O)[C@H](O)[C@H]2O)[C@@H](O)[C@@H]1O. The van der Waals surface area contributed by atoms with Gasteiger partial charge in [-0.25, -0.2) is 0 Å². The van der Waals surface area contributed by atoms with Gasteiger partial charge in [-0.15, -0.1) is 0 Å². The predicted octanol–water partition coefficient (Wildman–Crippen LogP) is -1.54. The third-order valence-electron chi connectivity index (χ3n) is 9.89. The Morgan fingerprint density at radius 1 is 0.608 bits per heavy atom. The summed E-state index contributed by atoms with van der Waals surface area (Å²) in [6.45, 7) is -1.01. The van der Waals surface area contributed by atoms with E-state index in [1.54, 1.807) is 0 Å². The number of rotatable bonds is 23. The van der Waals surface area contributed by atoms with Gasteiger partial charge in [0.25, 0.3) is 0 Å². The monoisotopic (exact) mass is 742 g/mol. The lowest BCUT2D eigenvalue weighted by molar-refractivity contribution is -0.388. The fourth-order valence-electron chi connectivity index (χ4n) is 6.62. The normalized spacial score (nSPS) is 38.6. The molecule has 0 aromatic heterocycles. The number of aliphatic hydroxyl groups is 10. The maximum Gasteiger partial charge on any atom is 0.306 e. The number of carbonyl (C=O) groups is 1. The van der Waals surface area contributed by atoms with Gasteiger partial charge in [0.2, 0.25) is 12.1 Å². The number of hydrogen-bond donors (Lipinski definition) is 10. The van der Waals surface area contributed by atoms with Crippen LogP contribution < -0.4 is 0 Å². The average molecular weight is 743 g/mol. The van der Waals surface area contributed by atoms with Crippen LogP contribution in [0.5, 0.6) is 0 Å². The molecule has 0 amide bonds. The second-order valence-corrected chi connectivity index (χ2v) is 13.9. The molecule has 17 nitrogen and oxygen atoms in total. The molecule has 0 radical (unpaired) electrons. The van der Waals surface area contributed by atoms with Crippen molar-refractivity contribution in [1.29, 1.82) is 0 Å². The average Bonchev–Trinajstić information content (AvgIpc) is 3.37. The van der Waals surface area contributed by atoms with Crippen LogP contribution in [0.3, 0.4) is 0 Å². The second-order valence-electron chi connectivity index (χ2n) is 13.9. The summed E-state index contributed by atoms with van der Waals surface area (Å²) in [6, 6.07) is 0. The lowest BCUT2D eigenvalue weighted by Gasteiger charge is -2.45. The maximum absolute atomic E-state index is 12.9. The van der Waals surface area contributed by atoms with Crippen molar-refractivity contribution in [2.75, 3.05) is 26.4 Å². The predicted molar refractivity (Wildman–Crippen MR) is 175 cm³/mol. The van der Waals surface area contributed by atoms with Crippen molar-refractivity contribution >= 4 is 5.97 Å². The van der Waals surface area contributed by atoms with Crippen LogP contribution in [0.4, 0.5) is 0 Å². The Morgan fingerprint density at radius 3 is 1.67 bits per heavy atom. The molecular weight excluding hydrogens is 680 g/mol. The van der Waals surface area contributed by atoms with E-state index in [4.69, 9.17) is 28.4 Å². The summed E-state index contributed by atoms with van der Waals surface area (Å²) in [4.78, 5) is 12.9. The third-order valence-corrected chi connectivity index (χ3v) is 9.89. The fourth-order valence-corrected chi connectivity index (χ4v) is 6.62. The first-order chi connectivity index (χ1) is 24.4. The quantitative estimate of drug-likeness (QED) is 0.0420. The van der Waals surface area contributed by atoms with Crippen molar-refractivity contribution in [3.05, 3.63) is 0 Å². The summed E-state index contributed by atoms with van der Waals surface area (Å²) in [5, 5.41) is 103. The Labute approximate surface area is 299 Å². The number of carbonyl (C=O) groups excluding carboxylic acids is 1. The number of esters is 1. The Hall–Kier alpha value is -1.13. The van der Waals surface area contributed by atoms with Gasteiger partial charge in [-0.05, 0) is 6.42 Å². The Balaban J connectivity index is 1.58. The molecule has 0 unspecified atom stereocenters. The van der Waals surface area contributed by atoms with Crippen LogP contribution >= 0.6 is 0 Å². The maximum atomic E-state index is 12.9. The molecule has 0 bridgehead atoms.